The second kappa shape index (κ2) is 12.8. The largest absolute Gasteiger partial charge is 0.356 e. The molecule has 5 nitrogen and oxygen atoms in total. The molecule has 1 aromatic carbocycles. The number of rotatable bonds is 8. The average molecular weight is 514 g/mol. The third-order valence-electron chi connectivity index (χ3n) is 4.18. The molecule has 0 aliphatic rings. The Bertz CT molecular complexity index is 747. The molecule has 1 unspecified atom stereocenters. The minimum absolute atomic E-state index is 0. The van der Waals surface area contributed by atoms with Crippen molar-refractivity contribution in [1.29, 1.82) is 0 Å². The molecule has 1 aromatic heterocycles. The van der Waals surface area contributed by atoms with Gasteiger partial charge in [-0.2, -0.15) is 11.3 Å². The number of carbonyl (C=O) groups excluding carboxylic acids is 1. The maximum Gasteiger partial charge on any atom is 0.224 e. The van der Waals surface area contributed by atoms with Crippen LogP contribution >= 0.6 is 35.3 Å². The summed E-state index contributed by atoms with van der Waals surface area (Å²) < 4.78 is 0. The van der Waals surface area contributed by atoms with Crippen LogP contribution in [0.1, 0.15) is 44.2 Å². The van der Waals surface area contributed by atoms with Crippen LogP contribution in [-0.4, -0.2) is 25.5 Å². The molecule has 3 N–H and O–H groups in total. The molecule has 0 spiro atoms. The fourth-order valence-electron chi connectivity index (χ4n) is 2.67. The first-order chi connectivity index (χ1) is 13.0. The van der Waals surface area contributed by atoms with Gasteiger partial charge >= 0.3 is 0 Å². The molecule has 154 valence electrons. The molecular weight excluding hydrogens is 483 g/mol. The van der Waals surface area contributed by atoms with Crippen molar-refractivity contribution in [3.8, 4) is 0 Å². The molecule has 1 heterocycles. The van der Waals surface area contributed by atoms with Gasteiger partial charge in [0.2, 0.25) is 5.91 Å². The summed E-state index contributed by atoms with van der Waals surface area (Å²) in [6, 6.07) is 10.1. The number of amides is 1. The van der Waals surface area contributed by atoms with Crippen LogP contribution in [0.15, 0.2) is 46.1 Å². The minimum atomic E-state index is 0. The number of carbonyl (C=O) groups is 1. The van der Waals surface area contributed by atoms with E-state index in [-0.39, 0.29) is 29.9 Å². The van der Waals surface area contributed by atoms with Crippen LogP contribution in [0.2, 0.25) is 0 Å². The van der Waals surface area contributed by atoms with E-state index in [2.05, 4.69) is 44.7 Å². The number of hydrogen-bond acceptors (Lipinski definition) is 3. The van der Waals surface area contributed by atoms with E-state index >= 15 is 0 Å². The Kier molecular flexibility index (Phi) is 11.1. The summed E-state index contributed by atoms with van der Waals surface area (Å²) in [6.07, 6.45) is 0.529. The van der Waals surface area contributed by atoms with Gasteiger partial charge in [-0.15, -0.1) is 24.0 Å². The number of nitrogens with one attached hydrogen (secondary N) is 3. The smallest absolute Gasteiger partial charge is 0.224 e. The van der Waals surface area contributed by atoms with E-state index in [1.54, 1.807) is 18.4 Å². The topological polar surface area (TPSA) is 65.5 Å². The average Bonchev–Trinajstić information content (AvgIpc) is 3.16. The fourth-order valence-corrected chi connectivity index (χ4v) is 3.45. The maximum absolute atomic E-state index is 11.9. The zero-order chi connectivity index (χ0) is 19.6. The van der Waals surface area contributed by atoms with Crippen LogP contribution in [-0.2, 0) is 11.3 Å². The van der Waals surface area contributed by atoms with Gasteiger partial charge in [-0.3, -0.25) is 9.79 Å². The highest BCUT2D eigenvalue weighted by molar-refractivity contribution is 14.0. The lowest BCUT2D eigenvalue weighted by atomic mass is 10.1. The Hall–Kier alpha value is -1.61. The van der Waals surface area contributed by atoms with E-state index < -0.39 is 0 Å². The highest BCUT2D eigenvalue weighted by atomic mass is 127. The molecule has 1 atom stereocenters. The molecule has 0 saturated carbocycles. The standard InChI is InChI=1S/C21H30N4OS.HI/c1-15(2)10-20(26)25-19-7-5-6-17(11-19)13-24-21(22-4)23-12-16(3)18-8-9-27-14-18;/h5-9,11,14-16H,10,12-13H2,1-4H3,(H,25,26)(H2,22,23,24);1H. The van der Waals surface area contributed by atoms with Crippen molar-refractivity contribution in [2.24, 2.45) is 10.9 Å². The molecule has 1 amide bonds. The molecule has 28 heavy (non-hydrogen) atoms. The van der Waals surface area contributed by atoms with Gasteiger partial charge in [0, 0.05) is 32.2 Å². The normalized spacial score (nSPS) is 12.2. The number of aliphatic imine (C=N–C) groups is 1. The SMILES string of the molecule is CN=C(NCc1cccc(NC(=O)CC(C)C)c1)NCC(C)c1ccsc1.I. The monoisotopic (exact) mass is 514 g/mol. The molecule has 2 aromatic rings. The Morgan fingerprint density at radius 2 is 1.96 bits per heavy atom. The number of anilines is 1. The van der Waals surface area contributed by atoms with E-state index in [9.17, 15) is 4.79 Å². The van der Waals surface area contributed by atoms with Crippen LogP contribution in [0, 0.1) is 5.92 Å². The Labute approximate surface area is 189 Å². The van der Waals surface area contributed by atoms with Gasteiger partial charge < -0.3 is 16.0 Å². The minimum Gasteiger partial charge on any atom is -0.356 e. The number of nitrogens with zero attached hydrogens (tertiary/aromatic N) is 1. The van der Waals surface area contributed by atoms with E-state index in [0.717, 1.165) is 23.8 Å². The second-order valence-electron chi connectivity index (χ2n) is 7.11. The van der Waals surface area contributed by atoms with Crippen molar-refractivity contribution in [2.45, 2.75) is 39.7 Å². The molecule has 0 aliphatic heterocycles. The van der Waals surface area contributed by atoms with Gasteiger partial charge in [0.05, 0.1) is 0 Å². The summed E-state index contributed by atoms with van der Waals surface area (Å²) >= 11 is 1.72. The van der Waals surface area contributed by atoms with Gasteiger partial charge in [0.1, 0.15) is 0 Å². The van der Waals surface area contributed by atoms with E-state index in [1.165, 1.54) is 5.56 Å². The highest BCUT2D eigenvalue weighted by Gasteiger charge is 2.08. The summed E-state index contributed by atoms with van der Waals surface area (Å²) in [5.74, 6) is 1.59. The highest BCUT2D eigenvalue weighted by Crippen LogP contribution is 2.17. The van der Waals surface area contributed by atoms with Gasteiger partial charge in [-0.05, 0) is 51.9 Å². The molecule has 0 aliphatic carbocycles. The van der Waals surface area contributed by atoms with Gasteiger partial charge in [0.25, 0.3) is 0 Å². The second-order valence-corrected chi connectivity index (χ2v) is 7.89. The Morgan fingerprint density at radius 1 is 1.18 bits per heavy atom. The van der Waals surface area contributed by atoms with Crippen molar-refractivity contribution >= 4 is 52.9 Å². The molecular formula is C21H31IN4OS. The van der Waals surface area contributed by atoms with Crippen LogP contribution in [0.3, 0.4) is 0 Å². The number of thiophene rings is 1. The van der Waals surface area contributed by atoms with Gasteiger partial charge in [-0.25, -0.2) is 0 Å². The fraction of sp³-hybridized carbons (Fsp3) is 0.429. The number of halogens is 1. The lowest BCUT2D eigenvalue weighted by molar-refractivity contribution is -0.116. The lowest BCUT2D eigenvalue weighted by Crippen LogP contribution is -2.38. The zero-order valence-corrected chi connectivity index (χ0v) is 20.1. The molecule has 2 rings (SSSR count). The third kappa shape index (κ3) is 8.60. The molecule has 0 saturated heterocycles. The predicted molar refractivity (Wildman–Crippen MR) is 131 cm³/mol. The summed E-state index contributed by atoms with van der Waals surface area (Å²) in [4.78, 5) is 16.2. The van der Waals surface area contributed by atoms with E-state index in [4.69, 9.17) is 0 Å². The van der Waals surface area contributed by atoms with Crippen LogP contribution in [0.4, 0.5) is 5.69 Å². The summed E-state index contributed by atoms with van der Waals surface area (Å²) in [5, 5.41) is 13.9. The molecule has 0 bridgehead atoms. The summed E-state index contributed by atoms with van der Waals surface area (Å²) in [5.41, 5.74) is 3.26. The molecule has 0 radical (unpaired) electrons. The van der Waals surface area contributed by atoms with Gasteiger partial charge in [-0.1, -0.05) is 32.9 Å². The zero-order valence-electron chi connectivity index (χ0n) is 17.0. The Morgan fingerprint density at radius 3 is 2.61 bits per heavy atom. The molecule has 7 heteroatoms. The summed E-state index contributed by atoms with van der Waals surface area (Å²) in [6.45, 7) is 7.74. The van der Waals surface area contributed by atoms with Crippen LogP contribution in [0.25, 0.3) is 0 Å². The van der Waals surface area contributed by atoms with Crippen molar-refractivity contribution in [3.05, 3.63) is 52.2 Å². The van der Waals surface area contributed by atoms with Crippen LogP contribution < -0.4 is 16.0 Å². The van der Waals surface area contributed by atoms with Gasteiger partial charge in [0.15, 0.2) is 5.96 Å². The molecule has 0 fully saturated rings. The number of guanidine groups is 1. The quantitative estimate of drug-likeness (QED) is 0.269. The van der Waals surface area contributed by atoms with Crippen molar-refractivity contribution in [3.63, 3.8) is 0 Å². The van der Waals surface area contributed by atoms with E-state index in [0.29, 0.717) is 24.8 Å². The van der Waals surface area contributed by atoms with Crippen LogP contribution in [0.5, 0.6) is 0 Å². The van der Waals surface area contributed by atoms with Crippen molar-refractivity contribution in [1.82, 2.24) is 10.6 Å². The number of hydrogen-bond donors (Lipinski definition) is 3. The first kappa shape index (κ1) is 24.4. The third-order valence-corrected chi connectivity index (χ3v) is 4.88. The van der Waals surface area contributed by atoms with E-state index in [1.807, 2.05) is 38.1 Å². The lowest BCUT2D eigenvalue weighted by Gasteiger charge is -2.16. The first-order valence-corrected chi connectivity index (χ1v) is 10.3. The Balaban J connectivity index is 0.00000392. The van der Waals surface area contributed by atoms with Crippen molar-refractivity contribution < 1.29 is 4.79 Å². The number of benzene rings is 1. The van der Waals surface area contributed by atoms with Crippen molar-refractivity contribution in [2.75, 3.05) is 18.9 Å². The predicted octanol–water partition coefficient (Wildman–Crippen LogP) is 4.82. The summed E-state index contributed by atoms with van der Waals surface area (Å²) in [7, 11) is 1.77. The maximum atomic E-state index is 11.9. The first-order valence-electron chi connectivity index (χ1n) is 9.33.